The molecular weight excluding hydrogens is 525 g/mol. The zero-order valence-electron chi connectivity index (χ0n) is 21.1. The predicted molar refractivity (Wildman–Crippen MR) is 143 cm³/mol. The quantitative estimate of drug-likeness (QED) is 0.280. The van der Waals surface area contributed by atoms with Crippen molar-refractivity contribution in [3.8, 4) is 0 Å². The lowest BCUT2D eigenvalue weighted by molar-refractivity contribution is -0.143. The summed E-state index contributed by atoms with van der Waals surface area (Å²) >= 11 is 0. The van der Waals surface area contributed by atoms with Crippen molar-refractivity contribution in [3.05, 3.63) is 76.4 Å². The molecular formula is C28H26FN3O6S. The van der Waals surface area contributed by atoms with Gasteiger partial charge in [0.1, 0.15) is 5.82 Å². The van der Waals surface area contributed by atoms with E-state index in [1.54, 1.807) is 19.1 Å². The summed E-state index contributed by atoms with van der Waals surface area (Å²) in [5.74, 6) is -1.33. The molecule has 0 fully saturated rings. The number of anilines is 2. The summed E-state index contributed by atoms with van der Waals surface area (Å²) < 4.78 is 46.4. The lowest BCUT2D eigenvalue weighted by Crippen LogP contribution is -2.13. The Morgan fingerprint density at radius 2 is 1.90 bits per heavy atom. The number of nitrogens with one attached hydrogen (secondary N) is 3. The van der Waals surface area contributed by atoms with Gasteiger partial charge in [0.25, 0.3) is 15.9 Å². The second kappa shape index (κ2) is 10.5. The number of carbonyl (C=O) groups is 3. The van der Waals surface area contributed by atoms with E-state index in [2.05, 4.69) is 15.0 Å². The fraction of sp³-hybridized carbons (Fsp3) is 0.250. The van der Waals surface area contributed by atoms with Crippen LogP contribution < -0.4 is 10.0 Å². The third-order valence-corrected chi connectivity index (χ3v) is 8.07. The zero-order valence-corrected chi connectivity index (χ0v) is 21.9. The number of ketones is 1. The molecule has 1 aliphatic heterocycles. The highest BCUT2D eigenvalue weighted by molar-refractivity contribution is 7.92. The molecule has 2 aromatic carbocycles. The Balaban J connectivity index is 1.51. The van der Waals surface area contributed by atoms with E-state index in [1.807, 2.05) is 0 Å². The molecule has 2 aliphatic rings. The summed E-state index contributed by atoms with van der Waals surface area (Å²) in [6.45, 7) is 1.98. The van der Waals surface area contributed by atoms with Gasteiger partial charge in [-0.25, -0.2) is 12.8 Å². The molecule has 0 spiro atoms. The molecule has 1 aliphatic carbocycles. The van der Waals surface area contributed by atoms with E-state index in [0.29, 0.717) is 47.3 Å². The summed E-state index contributed by atoms with van der Waals surface area (Å²) in [7, 11) is -4.00. The molecule has 202 valence electrons. The number of esters is 1. The van der Waals surface area contributed by atoms with Crippen LogP contribution in [0.15, 0.2) is 47.4 Å². The number of Topliss-reactive ketones (excluding diaryl/α,β-unsaturated/α-hetero) is 1. The number of rotatable bonds is 8. The van der Waals surface area contributed by atoms with Crippen LogP contribution in [0.3, 0.4) is 0 Å². The van der Waals surface area contributed by atoms with Gasteiger partial charge >= 0.3 is 5.97 Å². The Kier molecular flexibility index (Phi) is 7.09. The van der Waals surface area contributed by atoms with Crippen LogP contribution in [0.1, 0.15) is 59.1 Å². The molecule has 0 radical (unpaired) electrons. The highest BCUT2D eigenvalue weighted by Crippen LogP contribution is 2.37. The second-order valence-electron chi connectivity index (χ2n) is 9.28. The number of aromatic amines is 1. The van der Waals surface area contributed by atoms with Crippen molar-refractivity contribution < 1.29 is 31.9 Å². The van der Waals surface area contributed by atoms with Crippen LogP contribution in [0, 0.1) is 5.82 Å². The molecule has 5 rings (SSSR count). The van der Waals surface area contributed by atoms with Gasteiger partial charge in [-0.05, 0) is 80.3 Å². The number of halogens is 1. The van der Waals surface area contributed by atoms with E-state index in [1.165, 1.54) is 12.1 Å². The molecule has 0 saturated carbocycles. The predicted octanol–water partition coefficient (Wildman–Crippen LogP) is 4.46. The molecule has 1 aromatic heterocycles. The molecule has 0 saturated heterocycles. The number of H-pyrrole nitrogens is 1. The summed E-state index contributed by atoms with van der Waals surface area (Å²) in [5.41, 5.74) is 4.00. The number of aryl methyl sites for hydroxylation is 1. The summed E-state index contributed by atoms with van der Waals surface area (Å²) in [6.07, 6.45) is 3.77. The van der Waals surface area contributed by atoms with E-state index in [4.69, 9.17) is 4.74 Å². The first-order valence-corrected chi connectivity index (χ1v) is 14.0. The number of benzene rings is 2. The van der Waals surface area contributed by atoms with Crippen LogP contribution >= 0.6 is 0 Å². The first-order chi connectivity index (χ1) is 18.7. The van der Waals surface area contributed by atoms with Crippen LogP contribution in [0.25, 0.3) is 11.6 Å². The van der Waals surface area contributed by atoms with Crippen molar-refractivity contribution in [2.75, 3.05) is 16.6 Å². The van der Waals surface area contributed by atoms with Crippen molar-refractivity contribution in [2.24, 2.45) is 0 Å². The van der Waals surface area contributed by atoms with E-state index in [-0.39, 0.29) is 47.4 Å². The molecule has 3 aromatic rings. The fourth-order valence-corrected chi connectivity index (χ4v) is 5.95. The number of aromatic nitrogens is 1. The van der Waals surface area contributed by atoms with Gasteiger partial charge in [-0.1, -0.05) is 0 Å². The van der Waals surface area contributed by atoms with Gasteiger partial charge in [0.15, 0.2) is 5.78 Å². The standard InChI is InChI=1S/C28H26FN3O6S/c1-2-38-26(34)13-11-19-24(30-23-4-3-5-25(33)27(19)23)15-21-20-14-17(8-12-22(20)31-28(21)35)32-39(36,37)18-9-6-16(29)7-10-18/h6-10,12,14-15,30,32H,2-5,11,13H2,1H3,(H,31,35)/b21-15-. The minimum absolute atomic E-state index is 0.00947. The Labute approximate surface area is 224 Å². The largest absolute Gasteiger partial charge is 0.466 e. The summed E-state index contributed by atoms with van der Waals surface area (Å²) in [5, 5.41) is 2.77. The highest BCUT2D eigenvalue weighted by atomic mass is 32.2. The van der Waals surface area contributed by atoms with Gasteiger partial charge in [-0.3, -0.25) is 19.1 Å². The lowest BCUT2D eigenvalue weighted by Gasteiger charge is -2.11. The topological polar surface area (TPSA) is 134 Å². The first kappa shape index (κ1) is 26.4. The summed E-state index contributed by atoms with van der Waals surface area (Å²) in [6, 6.07) is 9.07. The van der Waals surface area contributed by atoms with E-state index >= 15 is 0 Å². The van der Waals surface area contributed by atoms with Gasteiger partial charge in [0.05, 0.1) is 17.1 Å². The molecule has 3 N–H and O–H groups in total. The molecule has 1 amide bonds. The molecule has 0 bridgehead atoms. The van der Waals surface area contributed by atoms with Gasteiger partial charge in [0, 0.05) is 46.7 Å². The van der Waals surface area contributed by atoms with E-state index in [9.17, 15) is 27.2 Å². The third kappa shape index (κ3) is 5.35. The Hall–Kier alpha value is -4.25. The van der Waals surface area contributed by atoms with Crippen molar-refractivity contribution in [3.63, 3.8) is 0 Å². The molecule has 0 unspecified atom stereocenters. The number of amides is 1. The van der Waals surface area contributed by atoms with Crippen LogP contribution in [0.5, 0.6) is 0 Å². The summed E-state index contributed by atoms with van der Waals surface area (Å²) in [4.78, 5) is 41.0. The number of hydrogen-bond acceptors (Lipinski definition) is 6. The molecule has 0 atom stereocenters. The van der Waals surface area contributed by atoms with Crippen LogP contribution in [-0.4, -0.2) is 37.7 Å². The monoisotopic (exact) mass is 551 g/mol. The normalized spacial score (nSPS) is 15.6. The molecule has 2 heterocycles. The lowest BCUT2D eigenvalue weighted by atomic mass is 9.91. The number of sulfonamides is 1. The number of carbonyl (C=O) groups excluding carboxylic acids is 3. The van der Waals surface area contributed by atoms with E-state index in [0.717, 1.165) is 30.0 Å². The maximum Gasteiger partial charge on any atom is 0.306 e. The number of hydrogen-bond donors (Lipinski definition) is 3. The van der Waals surface area contributed by atoms with Crippen molar-refractivity contribution in [1.82, 2.24) is 4.98 Å². The van der Waals surface area contributed by atoms with Gasteiger partial charge in [0.2, 0.25) is 0 Å². The highest BCUT2D eigenvalue weighted by Gasteiger charge is 2.29. The van der Waals surface area contributed by atoms with Crippen LogP contribution in [-0.2, 0) is 37.2 Å². The minimum Gasteiger partial charge on any atom is -0.466 e. The fourth-order valence-electron chi connectivity index (χ4n) is 4.90. The van der Waals surface area contributed by atoms with Crippen molar-refractivity contribution in [1.29, 1.82) is 0 Å². The minimum atomic E-state index is -4.00. The average molecular weight is 552 g/mol. The number of fused-ring (bicyclic) bond motifs is 2. The Morgan fingerprint density at radius 1 is 1.13 bits per heavy atom. The molecule has 39 heavy (non-hydrogen) atoms. The van der Waals surface area contributed by atoms with Crippen LogP contribution in [0.2, 0.25) is 0 Å². The van der Waals surface area contributed by atoms with E-state index < -0.39 is 21.7 Å². The SMILES string of the molecule is CCOC(=O)CCc1c(/C=C2\C(=O)Nc3ccc(NS(=O)(=O)c4ccc(F)cc4)cc32)[nH]c2c1C(=O)CCC2. The average Bonchev–Trinajstić information content (AvgIpc) is 3.40. The van der Waals surface area contributed by atoms with Gasteiger partial charge in [-0.2, -0.15) is 0 Å². The number of ether oxygens (including phenoxy) is 1. The van der Waals surface area contributed by atoms with Crippen molar-refractivity contribution >= 4 is 50.7 Å². The zero-order chi connectivity index (χ0) is 27.7. The van der Waals surface area contributed by atoms with Crippen LogP contribution in [0.4, 0.5) is 15.8 Å². The Bertz CT molecular complexity index is 1620. The molecule has 11 heteroatoms. The maximum absolute atomic E-state index is 13.3. The van der Waals surface area contributed by atoms with Crippen molar-refractivity contribution in [2.45, 2.75) is 43.9 Å². The second-order valence-corrected chi connectivity index (χ2v) is 11.0. The smallest absolute Gasteiger partial charge is 0.306 e. The first-order valence-electron chi connectivity index (χ1n) is 12.5. The third-order valence-electron chi connectivity index (χ3n) is 6.68. The van der Waals surface area contributed by atoms with Gasteiger partial charge < -0.3 is 15.0 Å². The van der Waals surface area contributed by atoms with Gasteiger partial charge in [-0.15, -0.1) is 0 Å². The maximum atomic E-state index is 13.3. The Morgan fingerprint density at radius 3 is 2.64 bits per heavy atom. The molecule has 9 nitrogen and oxygen atoms in total.